The van der Waals surface area contributed by atoms with E-state index in [1.165, 1.54) is 9.79 Å². The van der Waals surface area contributed by atoms with Gasteiger partial charge in [-0.25, -0.2) is 4.98 Å². The number of nitrogens with zero attached hydrogens (tertiary/aromatic N) is 4. The highest BCUT2D eigenvalue weighted by Crippen LogP contribution is 2.38. The molecule has 1 unspecified atom stereocenters. The van der Waals surface area contributed by atoms with Crippen LogP contribution < -0.4 is 9.64 Å². The Bertz CT molecular complexity index is 1330. The fourth-order valence-electron chi connectivity index (χ4n) is 4.33. The number of hydrogen-bond acceptors (Lipinski definition) is 6. The van der Waals surface area contributed by atoms with E-state index in [9.17, 15) is 9.90 Å². The predicted molar refractivity (Wildman–Crippen MR) is 166 cm³/mol. The number of carbonyl (C=O) groups is 1. The number of nitrogens with one attached hydrogen (secondary N) is 1. The molecule has 1 aromatic carbocycles. The van der Waals surface area contributed by atoms with E-state index in [1.54, 1.807) is 30.3 Å². The molecule has 0 aliphatic heterocycles. The first-order chi connectivity index (χ1) is 18.0. The molecule has 2 N–H and O–H groups in total. The molecule has 1 aliphatic rings. The molecule has 2 aromatic heterocycles. The van der Waals surface area contributed by atoms with Crippen LogP contribution >= 0.6 is 41.5 Å². The van der Waals surface area contributed by atoms with Gasteiger partial charge in [0, 0.05) is 27.6 Å². The molecule has 4 rings (SSSR count). The van der Waals surface area contributed by atoms with Gasteiger partial charge in [0.25, 0.3) is 0 Å². The Morgan fingerprint density at radius 3 is 2.95 bits per heavy atom. The van der Waals surface area contributed by atoms with Gasteiger partial charge in [-0.3, -0.25) is 9.48 Å². The van der Waals surface area contributed by atoms with Gasteiger partial charge in [0.1, 0.15) is 5.75 Å². The number of halogens is 2. The number of fused-ring (bicyclic) bond motifs is 1. The second kappa shape index (κ2) is 13.2. The third-order valence-corrected chi connectivity index (χ3v) is 11.0. The summed E-state index contributed by atoms with van der Waals surface area (Å²) in [6, 6.07) is 9.05. The molecular weight excluding hydrogens is 696 g/mol. The number of phenolic OH excluding ortho intramolecular Hbond substituents is 1. The Morgan fingerprint density at radius 2 is 2.22 bits per heavy atom. The Balaban J connectivity index is 1.59. The summed E-state index contributed by atoms with van der Waals surface area (Å²) in [4.78, 5) is 20.1. The molecule has 1 amide bonds. The van der Waals surface area contributed by atoms with Crippen molar-refractivity contribution in [1.82, 2.24) is 14.8 Å². The largest absolute Gasteiger partial charge is 0.508 e. The van der Waals surface area contributed by atoms with Crippen molar-refractivity contribution < 1.29 is 14.6 Å². The fraction of sp³-hybridized carbons (Fsp3) is 0.259. The minimum atomic E-state index is -0.335. The maximum atomic E-state index is 14.0. The van der Waals surface area contributed by atoms with Crippen molar-refractivity contribution in [2.24, 2.45) is 0 Å². The number of rotatable bonds is 10. The predicted octanol–water partition coefficient (Wildman–Crippen LogP) is 5.31. The molecule has 0 saturated heterocycles. The highest BCUT2D eigenvalue weighted by Gasteiger charge is 2.32. The molecule has 1 aliphatic carbocycles. The van der Waals surface area contributed by atoms with Gasteiger partial charge in [0.2, 0.25) is 11.8 Å². The minimum Gasteiger partial charge on any atom is -0.508 e. The molecule has 3 aromatic rings. The highest BCUT2D eigenvalue weighted by atomic mass is 127. The zero-order chi connectivity index (χ0) is 26.2. The van der Waals surface area contributed by atoms with Crippen molar-refractivity contribution >= 4 is 67.8 Å². The number of anilines is 1. The molecule has 8 nitrogen and oxygen atoms in total. The number of alkyl halides is 1. The maximum Gasteiger partial charge on any atom is 0.234 e. The Hall–Kier alpha value is -2.74. The summed E-state index contributed by atoms with van der Waals surface area (Å²) in [7, 11) is 1.56. The van der Waals surface area contributed by atoms with Crippen molar-refractivity contribution in [3.05, 3.63) is 75.3 Å². The summed E-state index contributed by atoms with van der Waals surface area (Å²) >= 11 is -0.557. The first-order valence-electron chi connectivity index (χ1n) is 11.7. The number of aromatic hydroxyl groups is 1. The van der Waals surface area contributed by atoms with E-state index in [0.717, 1.165) is 40.5 Å². The Labute approximate surface area is 236 Å². The number of ether oxygens (including phenoxy) is 1. The number of amides is 1. The van der Waals surface area contributed by atoms with Crippen LogP contribution in [0.2, 0.25) is 0 Å². The van der Waals surface area contributed by atoms with Crippen LogP contribution in [-0.2, 0) is 22.3 Å². The lowest BCUT2D eigenvalue weighted by atomic mass is 9.81. The smallest absolute Gasteiger partial charge is 0.234 e. The van der Waals surface area contributed by atoms with Crippen molar-refractivity contribution in [2.75, 3.05) is 12.0 Å². The van der Waals surface area contributed by atoms with Crippen molar-refractivity contribution in [1.29, 1.82) is 5.41 Å². The average Bonchev–Trinajstić information content (AvgIpc) is 3.38. The van der Waals surface area contributed by atoms with E-state index < -0.39 is 0 Å². The SMILES string of the molecule is C=IC(C=ICn1cc(CN(C(=O)C2CCCc3c(O)cccc32)c2ccc(OC)nc2)cn1)=CC=N. The van der Waals surface area contributed by atoms with E-state index >= 15 is 0 Å². The molecule has 10 heteroatoms. The molecule has 0 radical (unpaired) electrons. The van der Waals surface area contributed by atoms with Crippen LogP contribution in [0.1, 0.15) is 35.4 Å². The van der Waals surface area contributed by atoms with Crippen LogP contribution in [0.25, 0.3) is 0 Å². The lowest BCUT2D eigenvalue weighted by Crippen LogP contribution is -2.36. The zero-order valence-corrected chi connectivity index (χ0v) is 24.8. The topological polar surface area (TPSA) is 104 Å². The summed E-state index contributed by atoms with van der Waals surface area (Å²) in [5, 5.41) is 22.2. The van der Waals surface area contributed by atoms with Gasteiger partial charge in [-0.1, -0.05) is 58.1 Å². The van der Waals surface area contributed by atoms with Gasteiger partial charge in [-0.2, -0.15) is 5.10 Å². The molecule has 0 fully saturated rings. The average molecular weight is 725 g/mol. The summed E-state index contributed by atoms with van der Waals surface area (Å²) in [5.74, 6) is 0.387. The van der Waals surface area contributed by atoms with Gasteiger partial charge < -0.3 is 20.2 Å². The fourth-order valence-corrected chi connectivity index (χ4v) is 8.76. The van der Waals surface area contributed by atoms with E-state index in [1.807, 2.05) is 41.4 Å². The monoisotopic (exact) mass is 725 g/mol. The molecule has 0 bridgehead atoms. The van der Waals surface area contributed by atoms with Crippen LogP contribution in [0.5, 0.6) is 11.6 Å². The number of hydrogen-bond donors (Lipinski definition) is 2. The number of methoxy groups -OCH3 is 1. The lowest BCUT2D eigenvalue weighted by Gasteiger charge is -2.31. The summed E-state index contributed by atoms with van der Waals surface area (Å²) in [5.41, 5.74) is 3.39. The molecule has 37 heavy (non-hydrogen) atoms. The molecular formula is C27H29I2N5O3. The van der Waals surface area contributed by atoms with Crippen molar-refractivity contribution in [2.45, 2.75) is 36.3 Å². The molecule has 2 heterocycles. The van der Waals surface area contributed by atoms with E-state index in [2.05, 4.69) is 18.6 Å². The summed E-state index contributed by atoms with van der Waals surface area (Å²) in [6.45, 7) is 0.364. The van der Waals surface area contributed by atoms with Crippen LogP contribution in [0.4, 0.5) is 5.69 Å². The number of allylic oxidation sites excluding steroid dienone is 2. The van der Waals surface area contributed by atoms with Crippen LogP contribution in [-0.4, -0.2) is 47.6 Å². The van der Waals surface area contributed by atoms with E-state index in [4.69, 9.17) is 10.1 Å². The minimum absolute atomic E-state index is 0.0205. The first kappa shape index (κ1) is 27.3. The number of phenols is 1. The number of pyridine rings is 1. The summed E-state index contributed by atoms with van der Waals surface area (Å²) < 4.78 is 15.4. The molecule has 0 spiro atoms. The van der Waals surface area contributed by atoms with Crippen LogP contribution in [0.15, 0.2) is 58.6 Å². The number of benzene rings is 1. The second-order valence-electron chi connectivity index (χ2n) is 8.40. The van der Waals surface area contributed by atoms with Gasteiger partial charge in [-0.15, -0.1) is 0 Å². The maximum absolute atomic E-state index is 14.0. The Morgan fingerprint density at radius 1 is 1.35 bits per heavy atom. The van der Waals surface area contributed by atoms with Gasteiger partial charge in [0.05, 0.1) is 42.2 Å². The zero-order valence-electron chi connectivity index (χ0n) is 20.5. The molecule has 194 valence electrons. The molecule has 1 atom stereocenters. The van der Waals surface area contributed by atoms with E-state index in [0.29, 0.717) is 18.1 Å². The lowest BCUT2D eigenvalue weighted by molar-refractivity contribution is -0.120. The van der Waals surface area contributed by atoms with Crippen LogP contribution in [0, 0.1) is 5.41 Å². The second-order valence-corrected chi connectivity index (χ2v) is 12.6. The number of aromatic nitrogens is 3. The van der Waals surface area contributed by atoms with Gasteiger partial charge in [0.15, 0.2) is 0 Å². The van der Waals surface area contributed by atoms with Crippen molar-refractivity contribution in [3.63, 3.8) is 0 Å². The van der Waals surface area contributed by atoms with Crippen LogP contribution in [0.3, 0.4) is 0 Å². The first-order valence-corrected chi connectivity index (χ1v) is 17.0. The molecule has 0 saturated carbocycles. The van der Waals surface area contributed by atoms with E-state index in [-0.39, 0.29) is 59.0 Å². The standard InChI is InChI=1S/C27H29I2N5O3/c1-28-20(11-12-30)13-29-18-33-16-19(14-32-33)17-34(21-9-10-26(37-2)31-15-21)27(36)24-7-3-6-23-22(24)5-4-8-25(23)35/h4-5,8-16,24,30,35H,1,3,6-7,17-18H2,2H3. The Kier molecular flexibility index (Phi) is 9.72. The quantitative estimate of drug-likeness (QED) is 0.168. The number of carbonyl (C=O) groups excluding carboxylic acids is 1. The van der Waals surface area contributed by atoms with Crippen molar-refractivity contribution in [3.8, 4) is 11.6 Å². The third kappa shape index (κ3) is 6.78. The summed E-state index contributed by atoms with van der Waals surface area (Å²) in [6.07, 6.45) is 11.0. The normalized spacial score (nSPS) is 15.6. The van der Waals surface area contributed by atoms with Gasteiger partial charge >= 0.3 is 0 Å². The third-order valence-electron chi connectivity index (χ3n) is 6.09. The highest BCUT2D eigenvalue weighted by molar-refractivity contribution is 14.2. The van der Waals surface area contributed by atoms with Gasteiger partial charge in [-0.05, 0) is 52.6 Å².